The van der Waals surface area contributed by atoms with Crippen LogP contribution in [-0.2, 0) is 19.3 Å². The van der Waals surface area contributed by atoms with Gasteiger partial charge in [0.05, 0.1) is 19.5 Å². The Labute approximate surface area is 395 Å². The number of thiophene rings is 3. The summed E-state index contributed by atoms with van der Waals surface area (Å²) in [7, 11) is 0. The Balaban J connectivity index is 1.12. The van der Waals surface area contributed by atoms with Gasteiger partial charge in [-0.2, -0.15) is 0 Å². The molecule has 0 amide bonds. The summed E-state index contributed by atoms with van der Waals surface area (Å²) in [6.45, 7) is 13.9. The molecule has 340 valence electrons. The Hall–Kier alpha value is -4.24. The van der Waals surface area contributed by atoms with Crippen molar-refractivity contribution in [3.8, 4) is 54.3 Å². The zero-order valence-electron chi connectivity index (χ0n) is 39.0. The maximum Gasteiger partial charge on any atom is 0.180 e. The van der Waals surface area contributed by atoms with E-state index in [2.05, 4.69) is 124 Å². The summed E-state index contributed by atoms with van der Waals surface area (Å²) in [6, 6.07) is 29.7. The van der Waals surface area contributed by atoms with Gasteiger partial charge in [0.1, 0.15) is 26.4 Å². The molecule has 0 N–H and O–H groups in total. The minimum absolute atomic E-state index is 0.583. The zero-order chi connectivity index (χ0) is 44.3. The number of unbranched alkanes of at least 4 members (excludes halogenated alkanes) is 5. The van der Waals surface area contributed by atoms with Gasteiger partial charge in [0.25, 0.3) is 0 Å². The van der Waals surface area contributed by atoms with Crippen molar-refractivity contribution in [2.24, 2.45) is 11.8 Å². The minimum atomic E-state index is 0.583. The molecule has 8 rings (SSSR count). The van der Waals surface area contributed by atoms with Crippen molar-refractivity contribution in [1.29, 1.82) is 0 Å². The zero-order valence-corrected chi connectivity index (χ0v) is 41.4. The second-order valence-electron chi connectivity index (χ2n) is 17.7. The van der Waals surface area contributed by atoms with Crippen molar-refractivity contribution in [3.05, 3.63) is 99.6 Å². The highest BCUT2D eigenvalue weighted by Gasteiger charge is 2.29. The lowest BCUT2D eigenvalue weighted by atomic mass is 9.95. The molecule has 3 aromatic carbocycles. The molecule has 3 aromatic heterocycles. The molecule has 2 atom stereocenters. The van der Waals surface area contributed by atoms with E-state index >= 15 is 0 Å². The Morgan fingerprint density at radius 3 is 1.31 bits per heavy atom. The number of benzene rings is 3. The van der Waals surface area contributed by atoms with E-state index in [4.69, 9.17) is 18.9 Å². The fourth-order valence-corrected chi connectivity index (χ4v) is 12.9. The first-order chi connectivity index (χ1) is 31.5. The quantitative estimate of drug-likeness (QED) is 0.0599. The van der Waals surface area contributed by atoms with Gasteiger partial charge in [-0.05, 0) is 108 Å². The monoisotopic (exact) mass is 915 g/mol. The molecule has 0 fully saturated rings. The number of hydrogen-bond acceptors (Lipinski definition) is 8. The van der Waals surface area contributed by atoms with Crippen LogP contribution in [0.3, 0.4) is 0 Å². The fourth-order valence-electron chi connectivity index (χ4n) is 9.34. The van der Waals surface area contributed by atoms with E-state index in [0.717, 1.165) is 59.3 Å². The standard InChI is InChI=1S/C56H69NO4S3/c1-6-11-14-15-18-41-31-36-62-54(41)42-19-25-45(26-20-42)57(46-27-21-43(22-28-46)55-52-50(58-32-34-60-52)48(63-55)37-39(9-4)16-12-7-2)47-29-23-44(24-30-47)56-53-51(59-33-35-61-53)49(64-56)38-40(10-5)17-13-8-3/h19-31,36,39-40H,6-18,32-35,37-38H2,1-5H3. The van der Waals surface area contributed by atoms with E-state index in [0.29, 0.717) is 38.3 Å². The average molecular weight is 916 g/mol. The van der Waals surface area contributed by atoms with Crippen LogP contribution >= 0.6 is 34.0 Å². The third-order valence-corrected chi connectivity index (χ3v) is 16.6. The van der Waals surface area contributed by atoms with Crippen molar-refractivity contribution < 1.29 is 18.9 Å². The number of fused-ring (bicyclic) bond motifs is 2. The summed E-state index contributed by atoms with van der Waals surface area (Å²) < 4.78 is 25.4. The Morgan fingerprint density at radius 1 is 0.469 bits per heavy atom. The van der Waals surface area contributed by atoms with E-state index in [-0.39, 0.29) is 0 Å². The number of nitrogens with zero attached hydrogens (tertiary/aromatic N) is 1. The molecule has 8 heteroatoms. The lowest BCUT2D eigenvalue weighted by Gasteiger charge is -2.26. The summed E-state index contributed by atoms with van der Waals surface area (Å²) in [5.74, 6) is 5.10. The molecule has 2 unspecified atom stereocenters. The fraction of sp³-hybridized carbons (Fsp3) is 0.464. The maximum absolute atomic E-state index is 6.37. The summed E-state index contributed by atoms with van der Waals surface area (Å²) in [5, 5.41) is 2.26. The van der Waals surface area contributed by atoms with Crippen molar-refractivity contribution in [1.82, 2.24) is 0 Å². The summed E-state index contributed by atoms with van der Waals surface area (Å²) in [5.41, 5.74) is 8.43. The molecule has 2 aliphatic rings. The number of hydrogen-bond donors (Lipinski definition) is 0. The van der Waals surface area contributed by atoms with Gasteiger partial charge in [0, 0.05) is 21.9 Å². The third kappa shape index (κ3) is 10.7. The van der Waals surface area contributed by atoms with Gasteiger partial charge >= 0.3 is 0 Å². The maximum atomic E-state index is 6.37. The van der Waals surface area contributed by atoms with Crippen LogP contribution in [0.25, 0.3) is 31.3 Å². The van der Waals surface area contributed by atoms with E-state index in [1.165, 1.54) is 124 Å². The normalized spacial score (nSPS) is 14.1. The number of aryl methyl sites for hydroxylation is 1. The highest BCUT2D eigenvalue weighted by Crippen LogP contribution is 2.53. The van der Waals surface area contributed by atoms with E-state index < -0.39 is 0 Å². The van der Waals surface area contributed by atoms with Gasteiger partial charge < -0.3 is 23.8 Å². The Morgan fingerprint density at radius 2 is 0.891 bits per heavy atom. The first kappa shape index (κ1) is 46.3. The van der Waals surface area contributed by atoms with Gasteiger partial charge in [-0.3, -0.25) is 0 Å². The van der Waals surface area contributed by atoms with E-state index in [1.54, 1.807) is 0 Å². The smallest absolute Gasteiger partial charge is 0.180 e. The van der Waals surface area contributed by atoms with Gasteiger partial charge in [-0.25, -0.2) is 0 Å². The van der Waals surface area contributed by atoms with Crippen LogP contribution in [0.5, 0.6) is 23.0 Å². The van der Waals surface area contributed by atoms with Crippen molar-refractivity contribution in [2.45, 2.75) is 131 Å². The molecule has 0 saturated heterocycles. The summed E-state index contributed by atoms with van der Waals surface area (Å²) in [6.07, 6.45) is 18.2. The first-order valence-electron chi connectivity index (χ1n) is 24.5. The average Bonchev–Trinajstić information content (AvgIpc) is 4.07. The first-order valence-corrected chi connectivity index (χ1v) is 27.0. The topological polar surface area (TPSA) is 40.2 Å². The van der Waals surface area contributed by atoms with E-state index in [9.17, 15) is 0 Å². The molecule has 0 spiro atoms. The minimum Gasteiger partial charge on any atom is -0.485 e. The van der Waals surface area contributed by atoms with Gasteiger partial charge in [-0.15, -0.1) is 34.0 Å². The van der Waals surface area contributed by atoms with Crippen LogP contribution in [0.1, 0.15) is 127 Å². The highest BCUT2D eigenvalue weighted by atomic mass is 32.1. The van der Waals surface area contributed by atoms with Crippen LogP contribution in [-0.4, -0.2) is 26.4 Å². The molecular weight excluding hydrogens is 847 g/mol. The second-order valence-corrected chi connectivity index (χ2v) is 20.8. The molecule has 0 radical (unpaired) electrons. The molecular formula is C56H69NO4S3. The predicted molar refractivity (Wildman–Crippen MR) is 275 cm³/mol. The van der Waals surface area contributed by atoms with Gasteiger partial charge in [-0.1, -0.05) is 142 Å². The van der Waals surface area contributed by atoms with Crippen LogP contribution in [0.4, 0.5) is 17.1 Å². The Bertz CT molecular complexity index is 2240. The SMILES string of the molecule is CCCCCCc1ccsc1-c1ccc(N(c2ccc(-c3sc(CC(CC)CCCC)c4c3OCCO4)cc2)c2ccc(-c3sc(CC(CC)CCCC)c4c3OCCO4)cc2)cc1. The van der Waals surface area contributed by atoms with E-state index in [1.807, 2.05) is 34.0 Å². The number of ether oxygens (including phenoxy) is 4. The second kappa shape index (κ2) is 22.8. The highest BCUT2D eigenvalue weighted by molar-refractivity contribution is 7.16. The van der Waals surface area contributed by atoms with Crippen LogP contribution < -0.4 is 23.8 Å². The molecule has 5 nitrogen and oxygen atoms in total. The third-order valence-electron chi connectivity index (χ3n) is 13.2. The predicted octanol–water partition coefficient (Wildman–Crippen LogP) is 17.5. The van der Waals surface area contributed by atoms with Crippen LogP contribution in [0.15, 0.2) is 84.2 Å². The molecule has 2 aliphatic heterocycles. The van der Waals surface area contributed by atoms with Crippen molar-refractivity contribution >= 4 is 51.1 Å². The molecule has 5 heterocycles. The molecule has 0 saturated carbocycles. The number of rotatable bonds is 23. The molecule has 6 aromatic rings. The van der Waals surface area contributed by atoms with Crippen LogP contribution in [0.2, 0.25) is 0 Å². The van der Waals surface area contributed by atoms with Gasteiger partial charge in [0.2, 0.25) is 0 Å². The van der Waals surface area contributed by atoms with Gasteiger partial charge in [0.15, 0.2) is 23.0 Å². The lowest BCUT2D eigenvalue weighted by molar-refractivity contribution is 0.172. The molecule has 0 bridgehead atoms. The lowest BCUT2D eigenvalue weighted by Crippen LogP contribution is -2.15. The molecule has 64 heavy (non-hydrogen) atoms. The van der Waals surface area contributed by atoms with Crippen LogP contribution in [0, 0.1) is 11.8 Å². The summed E-state index contributed by atoms with van der Waals surface area (Å²) >= 11 is 5.58. The van der Waals surface area contributed by atoms with Crippen molar-refractivity contribution in [3.63, 3.8) is 0 Å². The summed E-state index contributed by atoms with van der Waals surface area (Å²) in [4.78, 5) is 8.77. The van der Waals surface area contributed by atoms with Crippen molar-refractivity contribution in [2.75, 3.05) is 31.3 Å². The Kier molecular flexibility index (Phi) is 16.5. The largest absolute Gasteiger partial charge is 0.485 e. The number of anilines is 3. The molecule has 0 aliphatic carbocycles.